The Morgan fingerprint density at radius 1 is 1.37 bits per heavy atom. The van der Waals surface area contributed by atoms with E-state index in [4.69, 9.17) is 5.73 Å². The number of likely N-dealkylation sites (tertiary alicyclic amines) is 1. The first-order valence-electron chi connectivity index (χ1n) is 7.14. The Kier molecular flexibility index (Phi) is 3.61. The van der Waals surface area contributed by atoms with Gasteiger partial charge < -0.3 is 5.73 Å². The summed E-state index contributed by atoms with van der Waals surface area (Å²) in [5.41, 5.74) is 7.50. The standard InChI is InChI=1S/C16H22N2S/c1-11(2)18-8-7-12(9-17)16(18)14-10-19-15-6-4-3-5-13(14)15/h3-6,10-12,16H,7-9,17H2,1-2H3. The molecule has 3 rings (SSSR count). The van der Waals surface area contributed by atoms with E-state index in [0.29, 0.717) is 18.0 Å². The van der Waals surface area contributed by atoms with Crippen molar-refractivity contribution in [3.05, 3.63) is 35.2 Å². The second kappa shape index (κ2) is 5.23. The van der Waals surface area contributed by atoms with Crippen LogP contribution < -0.4 is 5.73 Å². The third kappa shape index (κ3) is 2.20. The first-order chi connectivity index (χ1) is 9.22. The van der Waals surface area contributed by atoms with Gasteiger partial charge in [0.15, 0.2) is 0 Å². The van der Waals surface area contributed by atoms with E-state index in [-0.39, 0.29) is 0 Å². The van der Waals surface area contributed by atoms with Crippen LogP contribution in [0.4, 0.5) is 0 Å². The van der Waals surface area contributed by atoms with Gasteiger partial charge in [0.25, 0.3) is 0 Å². The van der Waals surface area contributed by atoms with Gasteiger partial charge in [-0.3, -0.25) is 4.90 Å². The third-order valence-electron chi connectivity index (χ3n) is 4.36. The highest BCUT2D eigenvalue weighted by Crippen LogP contribution is 2.42. The fraction of sp³-hybridized carbons (Fsp3) is 0.500. The van der Waals surface area contributed by atoms with Crippen LogP contribution in [0.5, 0.6) is 0 Å². The predicted molar refractivity (Wildman–Crippen MR) is 83.6 cm³/mol. The first-order valence-corrected chi connectivity index (χ1v) is 8.02. The van der Waals surface area contributed by atoms with Crippen LogP contribution in [-0.4, -0.2) is 24.0 Å². The first kappa shape index (κ1) is 13.1. The van der Waals surface area contributed by atoms with Crippen molar-refractivity contribution >= 4 is 21.4 Å². The Labute approximate surface area is 119 Å². The summed E-state index contributed by atoms with van der Waals surface area (Å²) in [5.74, 6) is 0.598. The number of hydrogen-bond donors (Lipinski definition) is 1. The predicted octanol–water partition coefficient (Wildman–Crippen LogP) is 3.63. The van der Waals surface area contributed by atoms with Gasteiger partial charge in [-0.15, -0.1) is 11.3 Å². The normalized spacial score (nSPS) is 24.6. The van der Waals surface area contributed by atoms with Crippen LogP contribution in [0.3, 0.4) is 0 Å². The van der Waals surface area contributed by atoms with Gasteiger partial charge in [-0.05, 0) is 61.7 Å². The lowest BCUT2D eigenvalue weighted by atomic mass is 9.93. The molecule has 1 aliphatic heterocycles. The monoisotopic (exact) mass is 274 g/mol. The average Bonchev–Trinajstić information content (AvgIpc) is 3.01. The molecule has 1 fully saturated rings. The second-order valence-corrected chi connectivity index (χ2v) is 6.66. The van der Waals surface area contributed by atoms with Crippen LogP contribution in [0, 0.1) is 5.92 Å². The van der Waals surface area contributed by atoms with E-state index in [1.807, 2.05) is 11.3 Å². The summed E-state index contributed by atoms with van der Waals surface area (Å²) < 4.78 is 1.39. The number of fused-ring (bicyclic) bond motifs is 1. The molecule has 0 bridgehead atoms. The molecule has 19 heavy (non-hydrogen) atoms. The number of nitrogens with zero attached hydrogens (tertiary/aromatic N) is 1. The number of rotatable bonds is 3. The summed E-state index contributed by atoms with van der Waals surface area (Å²) in [6.45, 7) is 6.55. The zero-order valence-corrected chi connectivity index (χ0v) is 12.5. The summed E-state index contributed by atoms with van der Waals surface area (Å²) in [5, 5.41) is 3.77. The van der Waals surface area contributed by atoms with Crippen LogP contribution >= 0.6 is 11.3 Å². The molecule has 0 spiro atoms. The molecule has 2 heterocycles. The molecule has 0 aliphatic carbocycles. The van der Waals surface area contributed by atoms with Crippen LogP contribution in [0.2, 0.25) is 0 Å². The number of benzene rings is 1. The lowest BCUT2D eigenvalue weighted by molar-refractivity contribution is 0.186. The Balaban J connectivity index is 2.06. The topological polar surface area (TPSA) is 29.3 Å². The zero-order chi connectivity index (χ0) is 13.4. The fourth-order valence-corrected chi connectivity index (χ4v) is 4.36. The van der Waals surface area contributed by atoms with E-state index in [0.717, 1.165) is 6.54 Å². The van der Waals surface area contributed by atoms with E-state index in [2.05, 4.69) is 48.4 Å². The van der Waals surface area contributed by atoms with Crippen molar-refractivity contribution in [3.63, 3.8) is 0 Å². The number of hydrogen-bond acceptors (Lipinski definition) is 3. The molecule has 2 aromatic rings. The largest absolute Gasteiger partial charge is 0.330 e. The highest BCUT2D eigenvalue weighted by Gasteiger charge is 2.36. The van der Waals surface area contributed by atoms with Crippen molar-refractivity contribution < 1.29 is 0 Å². The summed E-state index contributed by atoms with van der Waals surface area (Å²) >= 11 is 1.86. The Hall–Kier alpha value is -0.900. The smallest absolute Gasteiger partial charge is 0.0405 e. The Morgan fingerprint density at radius 3 is 2.89 bits per heavy atom. The van der Waals surface area contributed by atoms with E-state index in [1.54, 1.807) is 0 Å². The van der Waals surface area contributed by atoms with E-state index >= 15 is 0 Å². The summed E-state index contributed by atoms with van der Waals surface area (Å²) in [6.07, 6.45) is 1.23. The molecule has 0 radical (unpaired) electrons. The molecule has 0 amide bonds. The SMILES string of the molecule is CC(C)N1CCC(CN)C1c1csc2ccccc12. The zero-order valence-electron chi connectivity index (χ0n) is 11.7. The van der Waals surface area contributed by atoms with Crippen LogP contribution in [0.25, 0.3) is 10.1 Å². The molecule has 2 nitrogen and oxygen atoms in total. The summed E-state index contributed by atoms with van der Waals surface area (Å²) in [6, 6.07) is 9.82. The highest BCUT2D eigenvalue weighted by molar-refractivity contribution is 7.17. The molecular formula is C16H22N2S. The third-order valence-corrected chi connectivity index (χ3v) is 5.34. The van der Waals surface area contributed by atoms with Crippen molar-refractivity contribution in [3.8, 4) is 0 Å². The maximum Gasteiger partial charge on any atom is 0.0405 e. The highest BCUT2D eigenvalue weighted by atomic mass is 32.1. The Bertz CT molecular complexity index is 561. The van der Waals surface area contributed by atoms with Gasteiger partial charge in [0, 0.05) is 16.8 Å². The maximum absolute atomic E-state index is 6.01. The molecular weight excluding hydrogens is 252 g/mol. The maximum atomic E-state index is 6.01. The molecule has 102 valence electrons. The van der Waals surface area contributed by atoms with Crippen LogP contribution in [0.1, 0.15) is 31.9 Å². The lowest BCUT2D eigenvalue weighted by Crippen LogP contribution is -2.33. The summed E-state index contributed by atoms with van der Waals surface area (Å²) in [7, 11) is 0. The van der Waals surface area contributed by atoms with Gasteiger partial charge in [-0.1, -0.05) is 18.2 Å². The van der Waals surface area contributed by atoms with E-state index in [9.17, 15) is 0 Å². The Morgan fingerprint density at radius 2 is 2.16 bits per heavy atom. The van der Waals surface area contributed by atoms with Gasteiger partial charge >= 0.3 is 0 Å². The second-order valence-electron chi connectivity index (χ2n) is 5.75. The average molecular weight is 274 g/mol. The van der Waals surface area contributed by atoms with Crippen molar-refractivity contribution in [2.45, 2.75) is 32.4 Å². The summed E-state index contributed by atoms with van der Waals surface area (Å²) in [4.78, 5) is 2.62. The van der Waals surface area contributed by atoms with Crippen molar-refractivity contribution in [2.75, 3.05) is 13.1 Å². The molecule has 2 atom stereocenters. The van der Waals surface area contributed by atoms with E-state index < -0.39 is 0 Å². The minimum Gasteiger partial charge on any atom is -0.330 e. The van der Waals surface area contributed by atoms with Crippen molar-refractivity contribution in [2.24, 2.45) is 11.7 Å². The molecule has 2 N–H and O–H groups in total. The number of nitrogens with two attached hydrogens (primary N) is 1. The lowest BCUT2D eigenvalue weighted by Gasteiger charge is -2.31. The number of thiophene rings is 1. The minimum absolute atomic E-state index is 0.501. The molecule has 1 aliphatic rings. The van der Waals surface area contributed by atoms with E-state index in [1.165, 1.54) is 28.6 Å². The van der Waals surface area contributed by atoms with Crippen LogP contribution in [-0.2, 0) is 0 Å². The minimum atomic E-state index is 0.501. The van der Waals surface area contributed by atoms with Gasteiger partial charge in [-0.25, -0.2) is 0 Å². The molecule has 1 saturated heterocycles. The molecule has 3 heteroatoms. The van der Waals surface area contributed by atoms with Gasteiger partial charge in [0.2, 0.25) is 0 Å². The fourth-order valence-electron chi connectivity index (χ4n) is 3.37. The van der Waals surface area contributed by atoms with Crippen LogP contribution in [0.15, 0.2) is 29.6 Å². The molecule has 1 aromatic carbocycles. The van der Waals surface area contributed by atoms with Gasteiger partial charge in [0.1, 0.15) is 0 Å². The van der Waals surface area contributed by atoms with Crippen molar-refractivity contribution in [1.82, 2.24) is 4.90 Å². The molecule has 1 aromatic heterocycles. The molecule has 0 saturated carbocycles. The molecule has 2 unspecified atom stereocenters. The van der Waals surface area contributed by atoms with Crippen molar-refractivity contribution in [1.29, 1.82) is 0 Å². The quantitative estimate of drug-likeness (QED) is 0.926. The van der Waals surface area contributed by atoms with Gasteiger partial charge in [0.05, 0.1) is 0 Å². The van der Waals surface area contributed by atoms with Gasteiger partial charge in [-0.2, -0.15) is 0 Å².